The lowest BCUT2D eigenvalue weighted by molar-refractivity contribution is 0.0938. The summed E-state index contributed by atoms with van der Waals surface area (Å²) in [6, 6.07) is 7.99. The molecule has 0 saturated carbocycles. The predicted octanol–water partition coefficient (Wildman–Crippen LogP) is 0.917. The second-order valence-corrected chi connectivity index (χ2v) is 7.34. The van der Waals surface area contributed by atoms with Gasteiger partial charge in [-0.15, -0.1) is 0 Å². The molecule has 134 valence electrons. The summed E-state index contributed by atoms with van der Waals surface area (Å²) in [5.41, 5.74) is 1.25. The van der Waals surface area contributed by atoms with Crippen molar-refractivity contribution in [1.82, 2.24) is 15.3 Å². The van der Waals surface area contributed by atoms with E-state index in [-0.39, 0.29) is 16.8 Å². The molecule has 4 N–H and O–H groups in total. The summed E-state index contributed by atoms with van der Waals surface area (Å²) in [5.74, 6) is 0.295. The number of primary sulfonamides is 1. The van der Waals surface area contributed by atoms with Crippen LogP contribution >= 0.6 is 0 Å². The molecule has 0 aliphatic heterocycles. The molecule has 0 atom stereocenters. The van der Waals surface area contributed by atoms with E-state index in [0.29, 0.717) is 24.5 Å². The van der Waals surface area contributed by atoms with Gasteiger partial charge in [0.25, 0.3) is 5.91 Å². The van der Waals surface area contributed by atoms with E-state index in [1.807, 2.05) is 13.8 Å². The van der Waals surface area contributed by atoms with Gasteiger partial charge in [-0.3, -0.25) is 4.79 Å². The molecule has 9 heteroatoms. The molecular weight excluding hydrogens is 342 g/mol. The van der Waals surface area contributed by atoms with Crippen molar-refractivity contribution >= 4 is 21.7 Å². The van der Waals surface area contributed by atoms with Crippen LogP contribution in [0.15, 0.2) is 41.6 Å². The van der Waals surface area contributed by atoms with Crippen molar-refractivity contribution in [3.05, 3.63) is 47.9 Å². The van der Waals surface area contributed by atoms with Gasteiger partial charge in [-0.2, -0.15) is 0 Å². The maximum absolute atomic E-state index is 11.9. The second kappa shape index (κ2) is 8.04. The average molecular weight is 363 g/mol. The first-order valence-corrected chi connectivity index (χ1v) is 9.29. The first-order chi connectivity index (χ1) is 11.8. The quantitative estimate of drug-likeness (QED) is 0.671. The van der Waals surface area contributed by atoms with Gasteiger partial charge < -0.3 is 10.6 Å². The van der Waals surface area contributed by atoms with Gasteiger partial charge in [0.2, 0.25) is 10.0 Å². The molecule has 2 aromatic rings. The Kier molecular flexibility index (Phi) is 6.05. The molecule has 0 bridgehead atoms. The number of aromatic nitrogens is 2. The number of nitrogens with one attached hydrogen (secondary N) is 2. The number of benzene rings is 1. The molecule has 0 saturated heterocycles. The van der Waals surface area contributed by atoms with Crippen LogP contribution in [0.5, 0.6) is 0 Å². The van der Waals surface area contributed by atoms with Gasteiger partial charge in [0.05, 0.1) is 4.90 Å². The fourth-order valence-corrected chi connectivity index (χ4v) is 2.61. The Labute approximate surface area is 146 Å². The standard InChI is InChI=1S/C16H21N5O3S/c1-11(2)21-16(22)14-9-15(20-10-19-14)18-8-7-12-3-5-13(6-4-12)25(17,23)24/h3-6,9-11H,7-8H2,1-2H3,(H,21,22)(H2,17,23,24)(H,18,19,20). The van der Waals surface area contributed by atoms with Crippen LogP contribution in [0.25, 0.3) is 0 Å². The third-order valence-corrected chi connectivity index (χ3v) is 4.22. The minimum Gasteiger partial charge on any atom is -0.370 e. The van der Waals surface area contributed by atoms with Crippen molar-refractivity contribution < 1.29 is 13.2 Å². The minimum atomic E-state index is -3.68. The van der Waals surface area contributed by atoms with Crippen LogP contribution in [0.1, 0.15) is 29.9 Å². The molecule has 1 heterocycles. The summed E-state index contributed by atoms with van der Waals surface area (Å²) < 4.78 is 22.4. The zero-order chi connectivity index (χ0) is 18.4. The van der Waals surface area contributed by atoms with E-state index in [9.17, 15) is 13.2 Å². The molecule has 0 aliphatic carbocycles. The monoisotopic (exact) mass is 363 g/mol. The fraction of sp³-hybridized carbons (Fsp3) is 0.312. The largest absolute Gasteiger partial charge is 0.370 e. The lowest BCUT2D eigenvalue weighted by Gasteiger charge is -2.09. The van der Waals surface area contributed by atoms with E-state index < -0.39 is 10.0 Å². The molecule has 0 aliphatic rings. The summed E-state index contributed by atoms with van der Waals surface area (Å²) in [5, 5.41) is 10.9. The van der Waals surface area contributed by atoms with Crippen molar-refractivity contribution in [2.24, 2.45) is 5.14 Å². The number of carbonyl (C=O) groups is 1. The van der Waals surface area contributed by atoms with Gasteiger partial charge in [-0.25, -0.2) is 23.5 Å². The van der Waals surface area contributed by atoms with Crippen LogP contribution in [-0.2, 0) is 16.4 Å². The zero-order valence-corrected chi connectivity index (χ0v) is 14.9. The first-order valence-electron chi connectivity index (χ1n) is 7.74. The molecule has 0 radical (unpaired) electrons. The molecular formula is C16H21N5O3S. The Morgan fingerprint density at radius 3 is 2.48 bits per heavy atom. The molecule has 1 aromatic heterocycles. The molecule has 1 aromatic carbocycles. The lowest BCUT2D eigenvalue weighted by Crippen LogP contribution is -2.30. The average Bonchev–Trinajstić information content (AvgIpc) is 2.54. The topological polar surface area (TPSA) is 127 Å². The van der Waals surface area contributed by atoms with Gasteiger partial charge in [-0.1, -0.05) is 12.1 Å². The Bertz CT molecular complexity index is 835. The maximum Gasteiger partial charge on any atom is 0.270 e. The highest BCUT2D eigenvalue weighted by Gasteiger charge is 2.10. The Morgan fingerprint density at radius 2 is 1.88 bits per heavy atom. The summed E-state index contributed by atoms with van der Waals surface area (Å²) in [6.07, 6.45) is 1.99. The zero-order valence-electron chi connectivity index (χ0n) is 14.1. The second-order valence-electron chi connectivity index (χ2n) is 5.78. The SMILES string of the molecule is CC(C)NC(=O)c1cc(NCCc2ccc(S(N)(=O)=O)cc2)ncn1. The van der Waals surface area contributed by atoms with Crippen LogP contribution in [0, 0.1) is 0 Å². The number of nitrogens with two attached hydrogens (primary N) is 1. The van der Waals surface area contributed by atoms with Gasteiger partial charge in [-0.05, 0) is 38.0 Å². The van der Waals surface area contributed by atoms with Gasteiger partial charge >= 0.3 is 0 Å². The van der Waals surface area contributed by atoms with Crippen LogP contribution in [0.2, 0.25) is 0 Å². The first kappa shape index (κ1) is 18.8. The number of amides is 1. The smallest absolute Gasteiger partial charge is 0.270 e. The Morgan fingerprint density at radius 1 is 1.20 bits per heavy atom. The highest BCUT2D eigenvalue weighted by atomic mass is 32.2. The number of carbonyl (C=O) groups excluding carboxylic acids is 1. The van der Waals surface area contributed by atoms with Crippen molar-refractivity contribution in [2.45, 2.75) is 31.2 Å². The molecule has 1 amide bonds. The van der Waals surface area contributed by atoms with Gasteiger partial charge in [0.1, 0.15) is 17.8 Å². The van der Waals surface area contributed by atoms with E-state index in [1.54, 1.807) is 18.2 Å². The van der Waals surface area contributed by atoms with Crippen molar-refractivity contribution in [1.29, 1.82) is 0 Å². The third kappa shape index (κ3) is 5.80. The van der Waals surface area contributed by atoms with Crippen LogP contribution < -0.4 is 15.8 Å². The molecule has 0 unspecified atom stereocenters. The van der Waals surface area contributed by atoms with E-state index >= 15 is 0 Å². The van der Waals surface area contributed by atoms with Crippen LogP contribution in [0.4, 0.5) is 5.82 Å². The number of nitrogens with zero attached hydrogens (tertiary/aromatic N) is 2. The van der Waals surface area contributed by atoms with E-state index in [2.05, 4.69) is 20.6 Å². The summed E-state index contributed by atoms with van der Waals surface area (Å²) in [4.78, 5) is 20.1. The Hall–Kier alpha value is -2.52. The number of rotatable bonds is 7. The molecule has 8 nitrogen and oxygen atoms in total. The lowest BCUT2D eigenvalue weighted by atomic mass is 10.1. The highest BCUT2D eigenvalue weighted by Crippen LogP contribution is 2.10. The number of hydrogen-bond donors (Lipinski definition) is 3. The molecule has 2 rings (SSSR count). The van der Waals surface area contributed by atoms with Gasteiger partial charge in [0, 0.05) is 18.7 Å². The van der Waals surface area contributed by atoms with Crippen LogP contribution in [-0.4, -0.2) is 36.9 Å². The van der Waals surface area contributed by atoms with Crippen molar-refractivity contribution in [2.75, 3.05) is 11.9 Å². The molecule has 0 spiro atoms. The summed E-state index contributed by atoms with van der Waals surface area (Å²) >= 11 is 0. The van der Waals surface area contributed by atoms with Crippen molar-refractivity contribution in [3.8, 4) is 0 Å². The maximum atomic E-state index is 11.9. The summed E-state index contributed by atoms with van der Waals surface area (Å²) in [7, 11) is -3.68. The van der Waals surface area contributed by atoms with E-state index in [0.717, 1.165) is 5.56 Å². The van der Waals surface area contributed by atoms with E-state index in [4.69, 9.17) is 5.14 Å². The van der Waals surface area contributed by atoms with Crippen LogP contribution in [0.3, 0.4) is 0 Å². The van der Waals surface area contributed by atoms with Gasteiger partial charge in [0.15, 0.2) is 0 Å². The fourth-order valence-electron chi connectivity index (χ4n) is 2.09. The number of anilines is 1. The third-order valence-electron chi connectivity index (χ3n) is 3.29. The minimum absolute atomic E-state index is 0.0270. The number of sulfonamides is 1. The Balaban J connectivity index is 1.92. The molecule has 25 heavy (non-hydrogen) atoms. The predicted molar refractivity (Wildman–Crippen MR) is 94.6 cm³/mol. The van der Waals surface area contributed by atoms with E-state index in [1.165, 1.54) is 18.5 Å². The highest BCUT2D eigenvalue weighted by molar-refractivity contribution is 7.89. The molecule has 0 fully saturated rings. The van der Waals surface area contributed by atoms with Crippen molar-refractivity contribution in [3.63, 3.8) is 0 Å². The normalized spacial score (nSPS) is 11.4. The summed E-state index contributed by atoms with van der Waals surface area (Å²) in [6.45, 7) is 4.32. The number of hydrogen-bond acceptors (Lipinski definition) is 6.